The maximum atomic E-state index is 12.3. The predicted octanol–water partition coefficient (Wildman–Crippen LogP) is 5.25. The number of thioether (sulfide) groups is 1. The summed E-state index contributed by atoms with van der Waals surface area (Å²) in [6.07, 6.45) is 1.63. The highest BCUT2D eigenvalue weighted by Crippen LogP contribution is 2.28. The highest BCUT2D eigenvalue weighted by molar-refractivity contribution is 9.10. The van der Waals surface area contributed by atoms with E-state index in [1.165, 1.54) is 11.8 Å². The third-order valence-electron chi connectivity index (χ3n) is 4.53. The first-order chi connectivity index (χ1) is 15.6. The van der Waals surface area contributed by atoms with E-state index >= 15 is 0 Å². The second kappa shape index (κ2) is 10.4. The number of halogens is 1. The Morgan fingerprint density at radius 3 is 2.59 bits per heavy atom. The number of hydrogen-bond donors (Lipinski definition) is 1. The second-order valence-electron chi connectivity index (χ2n) is 6.98. The third kappa shape index (κ3) is 5.52. The largest absolute Gasteiger partial charge is 0.272 e. The lowest BCUT2D eigenvalue weighted by molar-refractivity contribution is -0.118. The highest BCUT2D eigenvalue weighted by Gasteiger charge is 2.17. The van der Waals surface area contributed by atoms with Crippen LogP contribution in [0.1, 0.15) is 11.1 Å². The minimum absolute atomic E-state index is 0.163. The summed E-state index contributed by atoms with van der Waals surface area (Å²) in [5.74, 6) is 0.659. The highest BCUT2D eigenvalue weighted by atomic mass is 79.9. The normalized spacial score (nSPS) is 11.1. The molecule has 0 unspecified atom stereocenters. The van der Waals surface area contributed by atoms with Crippen LogP contribution in [-0.4, -0.2) is 32.6 Å². The molecule has 0 radical (unpaired) electrons. The molecule has 32 heavy (non-hydrogen) atoms. The van der Waals surface area contributed by atoms with E-state index in [0.717, 1.165) is 26.9 Å². The molecule has 0 aliphatic carbocycles. The van der Waals surface area contributed by atoms with Crippen LogP contribution in [0.3, 0.4) is 0 Å². The molecule has 1 heterocycles. The second-order valence-corrected chi connectivity index (χ2v) is 8.84. The monoisotopic (exact) mass is 505 g/mol. The van der Waals surface area contributed by atoms with Gasteiger partial charge in [0.15, 0.2) is 11.0 Å². The van der Waals surface area contributed by atoms with Crippen LogP contribution in [-0.2, 0) is 4.79 Å². The van der Waals surface area contributed by atoms with Crippen molar-refractivity contribution >= 4 is 39.8 Å². The van der Waals surface area contributed by atoms with Crippen LogP contribution in [0, 0.1) is 6.92 Å². The van der Waals surface area contributed by atoms with Crippen molar-refractivity contribution in [2.45, 2.75) is 12.1 Å². The number of hydrazone groups is 1. The van der Waals surface area contributed by atoms with Crippen LogP contribution in [0.4, 0.5) is 0 Å². The average molecular weight is 506 g/mol. The van der Waals surface area contributed by atoms with Crippen LogP contribution < -0.4 is 5.43 Å². The maximum absolute atomic E-state index is 12.3. The Bertz CT molecular complexity index is 1240. The fourth-order valence-corrected chi connectivity index (χ4v) is 4.06. The smallest absolute Gasteiger partial charge is 0.250 e. The fraction of sp³-hybridized carbons (Fsp3) is 0.0833. The van der Waals surface area contributed by atoms with E-state index in [1.54, 1.807) is 6.21 Å². The summed E-state index contributed by atoms with van der Waals surface area (Å²) in [4.78, 5) is 12.3. The zero-order chi connectivity index (χ0) is 22.3. The summed E-state index contributed by atoms with van der Waals surface area (Å²) in [5.41, 5.74) is 6.50. The molecule has 0 aliphatic heterocycles. The molecule has 1 aromatic heterocycles. The molecule has 0 fully saturated rings. The van der Waals surface area contributed by atoms with Gasteiger partial charge < -0.3 is 0 Å². The molecule has 4 rings (SSSR count). The van der Waals surface area contributed by atoms with Gasteiger partial charge in [-0.3, -0.25) is 9.36 Å². The van der Waals surface area contributed by atoms with Gasteiger partial charge in [0.1, 0.15) is 0 Å². The van der Waals surface area contributed by atoms with Crippen molar-refractivity contribution in [1.82, 2.24) is 20.2 Å². The molecule has 3 aromatic carbocycles. The van der Waals surface area contributed by atoms with E-state index in [1.807, 2.05) is 90.4 Å². The van der Waals surface area contributed by atoms with Crippen molar-refractivity contribution in [1.29, 1.82) is 0 Å². The molecule has 8 heteroatoms. The lowest BCUT2D eigenvalue weighted by Gasteiger charge is -2.10. The van der Waals surface area contributed by atoms with Gasteiger partial charge in [-0.25, -0.2) is 5.43 Å². The van der Waals surface area contributed by atoms with Crippen molar-refractivity contribution in [2.75, 3.05) is 5.75 Å². The van der Waals surface area contributed by atoms with E-state index in [2.05, 4.69) is 36.7 Å². The predicted molar refractivity (Wildman–Crippen MR) is 132 cm³/mol. The quantitative estimate of drug-likeness (QED) is 0.211. The van der Waals surface area contributed by atoms with Gasteiger partial charge in [0.2, 0.25) is 0 Å². The number of rotatable bonds is 7. The lowest BCUT2D eigenvalue weighted by atomic mass is 10.2. The molecule has 0 spiro atoms. The molecular weight excluding hydrogens is 486 g/mol. The summed E-state index contributed by atoms with van der Waals surface area (Å²) in [6, 6.07) is 25.6. The zero-order valence-electron chi connectivity index (χ0n) is 17.3. The van der Waals surface area contributed by atoms with Gasteiger partial charge in [0, 0.05) is 15.7 Å². The molecule has 0 saturated heterocycles. The Morgan fingerprint density at radius 2 is 1.84 bits per heavy atom. The fourth-order valence-electron chi connectivity index (χ4n) is 3.05. The number of aryl methyl sites for hydroxylation is 1. The first-order valence-corrected chi connectivity index (χ1v) is 11.7. The number of nitrogens with zero attached hydrogens (tertiary/aromatic N) is 4. The van der Waals surface area contributed by atoms with Crippen molar-refractivity contribution < 1.29 is 4.79 Å². The van der Waals surface area contributed by atoms with Gasteiger partial charge in [0.05, 0.1) is 12.0 Å². The number of carbonyl (C=O) groups is 1. The standard InChI is InChI=1S/C24H20BrN5OS/c1-17-6-5-7-18(14-17)15-26-27-22(31)16-32-24-29-28-23(19-10-12-20(25)13-11-19)30(24)21-8-3-2-4-9-21/h2-15H,16H2,1H3,(H,27,31). The van der Waals surface area contributed by atoms with Crippen molar-refractivity contribution in [3.05, 3.63) is 94.5 Å². The molecule has 6 nitrogen and oxygen atoms in total. The summed E-state index contributed by atoms with van der Waals surface area (Å²) < 4.78 is 2.95. The number of benzene rings is 3. The number of aromatic nitrogens is 3. The topological polar surface area (TPSA) is 72.2 Å². The average Bonchev–Trinajstić information content (AvgIpc) is 3.23. The van der Waals surface area contributed by atoms with E-state index in [-0.39, 0.29) is 11.7 Å². The first-order valence-electron chi connectivity index (χ1n) is 9.88. The Balaban J connectivity index is 1.49. The molecule has 0 aliphatic rings. The summed E-state index contributed by atoms with van der Waals surface area (Å²) in [7, 11) is 0. The van der Waals surface area contributed by atoms with E-state index in [9.17, 15) is 4.79 Å². The number of carbonyl (C=O) groups excluding carboxylic acids is 1. The van der Waals surface area contributed by atoms with E-state index in [0.29, 0.717) is 11.0 Å². The molecule has 4 aromatic rings. The first kappa shape index (κ1) is 22.0. The number of amides is 1. The number of nitrogens with one attached hydrogen (secondary N) is 1. The minimum atomic E-state index is -0.216. The lowest BCUT2D eigenvalue weighted by Crippen LogP contribution is -2.20. The Kier molecular flexibility index (Phi) is 7.14. The van der Waals surface area contributed by atoms with Gasteiger partial charge in [-0.05, 0) is 36.8 Å². The molecular formula is C24H20BrN5OS. The Hall–Kier alpha value is -3.23. The molecule has 1 N–H and O–H groups in total. The summed E-state index contributed by atoms with van der Waals surface area (Å²) >= 11 is 4.78. The minimum Gasteiger partial charge on any atom is -0.272 e. The number of para-hydroxylation sites is 1. The zero-order valence-corrected chi connectivity index (χ0v) is 19.7. The van der Waals surface area contributed by atoms with Crippen LogP contribution in [0.25, 0.3) is 17.1 Å². The van der Waals surface area contributed by atoms with Crippen LogP contribution >= 0.6 is 27.7 Å². The Morgan fingerprint density at radius 1 is 1.06 bits per heavy atom. The van der Waals surface area contributed by atoms with Gasteiger partial charge in [-0.2, -0.15) is 5.10 Å². The molecule has 0 saturated carbocycles. The van der Waals surface area contributed by atoms with Gasteiger partial charge in [-0.15, -0.1) is 10.2 Å². The molecule has 160 valence electrons. The van der Waals surface area contributed by atoms with Crippen LogP contribution in [0.15, 0.2) is 93.6 Å². The molecule has 0 atom stereocenters. The van der Waals surface area contributed by atoms with Crippen molar-refractivity contribution in [3.63, 3.8) is 0 Å². The number of hydrogen-bond acceptors (Lipinski definition) is 5. The summed E-state index contributed by atoms with van der Waals surface area (Å²) in [6.45, 7) is 2.01. The summed E-state index contributed by atoms with van der Waals surface area (Å²) in [5, 5.41) is 13.4. The van der Waals surface area contributed by atoms with E-state index in [4.69, 9.17) is 0 Å². The van der Waals surface area contributed by atoms with Crippen molar-refractivity contribution in [2.24, 2.45) is 5.10 Å². The van der Waals surface area contributed by atoms with Gasteiger partial charge >= 0.3 is 0 Å². The Labute approximate surface area is 198 Å². The molecule has 0 bridgehead atoms. The molecule has 1 amide bonds. The van der Waals surface area contributed by atoms with Crippen LogP contribution in [0.5, 0.6) is 0 Å². The van der Waals surface area contributed by atoms with Crippen LogP contribution in [0.2, 0.25) is 0 Å². The SMILES string of the molecule is Cc1cccc(C=NNC(=O)CSc2nnc(-c3ccc(Br)cc3)n2-c2ccccc2)c1. The van der Waals surface area contributed by atoms with E-state index < -0.39 is 0 Å². The van der Waals surface area contributed by atoms with Gasteiger partial charge in [-0.1, -0.05) is 87.9 Å². The maximum Gasteiger partial charge on any atom is 0.250 e. The van der Waals surface area contributed by atoms with Gasteiger partial charge in [0.25, 0.3) is 5.91 Å². The van der Waals surface area contributed by atoms with Crippen molar-refractivity contribution in [3.8, 4) is 17.1 Å². The third-order valence-corrected chi connectivity index (χ3v) is 5.99.